The van der Waals surface area contributed by atoms with Crippen LogP contribution in [0.3, 0.4) is 0 Å². The van der Waals surface area contributed by atoms with Gasteiger partial charge in [0.2, 0.25) is 5.52 Å². The Labute approximate surface area is 263 Å². The van der Waals surface area contributed by atoms with E-state index < -0.39 is 16.0 Å². The van der Waals surface area contributed by atoms with E-state index in [1.165, 1.54) is 31.0 Å². The van der Waals surface area contributed by atoms with Gasteiger partial charge in [0.05, 0.1) is 23.9 Å². The highest BCUT2D eigenvalue weighted by Crippen LogP contribution is 2.45. The molecule has 0 fully saturated rings. The highest BCUT2D eigenvalue weighted by Gasteiger charge is 2.24. The molecule has 230 valence electrons. The number of benzene rings is 2. The molecule has 0 amide bonds. The number of fused-ring (bicyclic) bond motifs is 2. The van der Waals surface area contributed by atoms with Crippen molar-refractivity contribution in [1.82, 2.24) is 4.90 Å². The molecule has 3 heterocycles. The number of rotatable bonds is 10. The maximum Gasteiger partial charge on any atom is 0.326 e. The standard InChI is InChI=1S/C26H24N2O5S3.C6H15N/c29-14-13-27-21-5-1-3-7-23(21)34-25(27)11-9-19-15-20(17-33-16-19)10-12-26-28(18-36(30,31)32)22-6-2-4-8-24(22)35-26;1-4-7(5-2)6-3/h1-12,15H,13-14,16-18H2,(H,30,31,32);4-6H2,1-3H3. The number of hydrogen-bond donors (Lipinski definition) is 1. The quantitative estimate of drug-likeness (QED) is 0.242. The summed E-state index contributed by atoms with van der Waals surface area (Å²) in [4.78, 5) is 5.56. The van der Waals surface area contributed by atoms with Crippen LogP contribution in [0.2, 0.25) is 0 Å². The number of aromatic nitrogens is 1. The lowest BCUT2D eigenvalue weighted by atomic mass is 10.1. The SMILES string of the molecule is CCN(CC)CC.O=S(=O)(O)C[n+]1c(C=CC2=CC(=CC=C3Sc4ccccc4N3CC[O-])COC2)sc2ccccc21. The van der Waals surface area contributed by atoms with E-state index in [9.17, 15) is 18.1 Å². The van der Waals surface area contributed by atoms with Gasteiger partial charge in [-0.3, -0.25) is 4.55 Å². The third-order valence-corrected chi connectivity index (χ3v) is 9.86. The van der Waals surface area contributed by atoms with Crippen LogP contribution in [0.1, 0.15) is 25.8 Å². The van der Waals surface area contributed by atoms with Crippen LogP contribution in [0.25, 0.3) is 16.3 Å². The lowest BCUT2D eigenvalue weighted by Gasteiger charge is -2.22. The zero-order valence-electron chi connectivity index (χ0n) is 24.8. The Morgan fingerprint density at radius 2 is 1.74 bits per heavy atom. The largest absolute Gasteiger partial charge is 0.853 e. The number of para-hydroxylation sites is 2. The zero-order chi connectivity index (χ0) is 30.8. The van der Waals surface area contributed by atoms with E-state index in [2.05, 4.69) is 37.8 Å². The summed E-state index contributed by atoms with van der Waals surface area (Å²) in [7, 11) is -4.20. The van der Waals surface area contributed by atoms with Crippen LogP contribution in [0.4, 0.5) is 5.69 Å². The highest BCUT2D eigenvalue weighted by molar-refractivity contribution is 8.03. The van der Waals surface area contributed by atoms with Gasteiger partial charge >= 0.3 is 10.1 Å². The summed E-state index contributed by atoms with van der Waals surface area (Å²) in [6, 6.07) is 15.5. The third-order valence-electron chi connectivity index (χ3n) is 7.01. The second-order valence-corrected chi connectivity index (χ2v) is 13.4. The minimum Gasteiger partial charge on any atom is -0.853 e. The van der Waals surface area contributed by atoms with Crippen molar-refractivity contribution < 1.29 is 27.4 Å². The molecular weight excluding hydrogens is 603 g/mol. The summed E-state index contributed by atoms with van der Waals surface area (Å²) in [5, 5.41) is 13.1. The molecule has 2 aliphatic heterocycles. The fourth-order valence-corrected chi connectivity index (χ4v) is 7.64. The van der Waals surface area contributed by atoms with Crippen molar-refractivity contribution in [2.24, 2.45) is 0 Å². The third kappa shape index (κ3) is 9.12. The molecular formula is C32H39N3O5S3. The number of ether oxygens (including phenoxy) is 1. The summed E-state index contributed by atoms with van der Waals surface area (Å²) in [5.74, 6) is -0.509. The predicted molar refractivity (Wildman–Crippen MR) is 176 cm³/mol. The Hall–Kier alpha value is -2.77. The summed E-state index contributed by atoms with van der Waals surface area (Å²) in [6.07, 6.45) is 9.86. The Morgan fingerprint density at radius 1 is 1.02 bits per heavy atom. The number of thiazole rings is 1. The van der Waals surface area contributed by atoms with Crippen molar-refractivity contribution in [3.05, 3.63) is 94.0 Å². The van der Waals surface area contributed by atoms with Gasteiger partial charge < -0.3 is 19.6 Å². The van der Waals surface area contributed by atoms with Crippen LogP contribution in [-0.4, -0.2) is 63.9 Å². The second kappa shape index (κ2) is 15.8. The summed E-state index contributed by atoms with van der Waals surface area (Å²) >= 11 is 3.10. The van der Waals surface area contributed by atoms with Crippen LogP contribution in [-0.2, 0) is 20.7 Å². The second-order valence-electron chi connectivity index (χ2n) is 9.88. The molecule has 1 N–H and O–H groups in total. The molecule has 0 unspecified atom stereocenters. The van der Waals surface area contributed by atoms with Gasteiger partial charge in [0.15, 0.2) is 0 Å². The molecule has 0 radical (unpaired) electrons. The van der Waals surface area contributed by atoms with Gasteiger partial charge in [0, 0.05) is 23.6 Å². The van der Waals surface area contributed by atoms with Gasteiger partial charge in [-0.2, -0.15) is 13.0 Å². The van der Waals surface area contributed by atoms with Crippen molar-refractivity contribution >= 4 is 55.2 Å². The number of nitrogens with zero attached hydrogens (tertiary/aromatic N) is 3. The van der Waals surface area contributed by atoms with Gasteiger partial charge in [0.25, 0.3) is 10.9 Å². The predicted octanol–water partition coefficient (Wildman–Crippen LogP) is 5.09. The molecule has 2 aliphatic rings. The van der Waals surface area contributed by atoms with Crippen molar-refractivity contribution in [3.63, 3.8) is 0 Å². The molecule has 0 saturated carbocycles. The molecule has 43 heavy (non-hydrogen) atoms. The monoisotopic (exact) mass is 641 g/mol. The van der Waals surface area contributed by atoms with Crippen molar-refractivity contribution in [2.75, 3.05) is 50.9 Å². The Kier molecular flexibility index (Phi) is 12.2. The lowest BCUT2D eigenvalue weighted by Crippen LogP contribution is -2.38. The Balaban J connectivity index is 0.000000541. The number of allylic oxidation sites excluding steroid dienone is 2. The fraction of sp³-hybridized carbons (Fsp3) is 0.344. The van der Waals surface area contributed by atoms with Crippen LogP contribution in [0, 0.1) is 0 Å². The fourth-order valence-electron chi connectivity index (χ4n) is 4.80. The first kappa shape index (κ1) is 33.1. The van der Waals surface area contributed by atoms with E-state index in [-0.39, 0.29) is 6.61 Å². The molecule has 11 heteroatoms. The van der Waals surface area contributed by atoms with Crippen molar-refractivity contribution in [2.45, 2.75) is 31.5 Å². The smallest absolute Gasteiger partial charge is 0.326 e. The highest BCUT2D eigenvalue weighted by atomic mass is 32.2. The Morgan fingerprint density at radius 3 is 2.44 bits per heavy atom. The van der Waals surface area contributed by atoms with Gasteiger partial charge in [-0.25, -0.2) is 0 Å². The first-order chi connectivity index (χ1) is 20.8. The average molecular weight is 642 g/mol. The minimum absolute atomic E-state index is 0.184. The molecule has 0 saturated heterocycles. The van der Waals surface area contributed by atoms with E-state index in [0.29, 0.717) is 24.8 Å². The molecule has 5 rings (SSSR count). The van der Waals surface area contributed by atoms with Crippen LogP contribution in [0.5, 0.6) is 0 Å². The lowest BCUT2D eigenvalue weighted by molar-refractivity contribution is -0.649. The van der Waals surface area contributed by atoms with Gasteiger partial charge in [-0.15, -0.1) is 6.61 Å². The van der Waals surface area contributed by atoms with Gasteiger partial charge in [-0.05, 0) is 61.1 Å². The first-order valence-corrected chi connectivity index (χ1v) is 17.6. The van der Waals surface area contributed by atoms with E-state index in [0.717, 1.165) is 37.0 Å². The maximum atomic E-state index is 11.6. The van der Waals surface area contributed by atoms with E-state index in [1.54, 1.807) is 16.3 Å². The van der Waals surface area contributed by atoms with Crippen LogP contribution < -0.4 is 14.6 Å². The summed E-state index contributed by atoms with van der Waals surface area (Å²) in [6.45, 7) is 11.3. The molecule has 1 aromatic heterocycles. The number of anilines is 1. The zero-order valence-corrected chi connectivity index (χ0v) is 27.3. The molecule has 0 aliphatic carbocycles. The van der Waals surface area contributed by atoms with E-state index in [1.807, 2.05) is 71.7 Å². The minimum atomic E-state index is -4.20. The molecule has 0 atom stereocenters. The van der Waals surface area contributed by atoms with E-state index >= 15 is 0 Å². The van der Waals surface area contributed by atoms with Gasteiger partial charge in [-0.1, -0.05) is 80.3 Å². The summed E-state index contributed by atoms with van der Waals surface area (Å²) < 4.78 is 41.0. The first-order valence-electron chi connectivity index (χ1n) is 14.3. The van der Waals surface area contributed by atoms with Crippen LogP contribution >= 0.6 is 23.1 Å². The number of hydrogen-bond acceptors (Lipinski definition) is 8. The van der Waals surface area contributed by atoms with Crippen molar-refractivity contribution in [3.8, 4) is 0 Å². The molecule has 3 aromatic rings. The van der Waals surface area contributed by atoms with Crippen LogP contribution in [0.15, 0.2) is 93.9 Å². The van der Waals surface area contributed by atoms with Gasteiger partial charge in [0.1, 0.15) is 4.70 Å². The molecule has 2 aromatic carbocycles. The van der Waals surface area contributed by atoms with Crippen molar-refractivity contribution in [1.29, 1.82) is 0 Å². The molecule has 0 spiro atoms. The maximum absolute atomic E-state index is 11.6. The molecule has 0 bridgehead atoms. The topological polar surface area (TPSA) is 97.0 Å². The van der Waals surface area contributed by atoms with E-state index in [4.69, 9.17) is 4.74 Å². The molecule has 8 nitrogen and oxygen atoms in total. The Bertz CT molecular complexity index is 1620. The number of thioether (sulfide) groups is 1. The summed E-state index contributed by atoms with van der Waals surface area (Å²) in [5.41, 5.74) is 3.75. The normalized spacial score (nSPS) is 17.2. The average Bonchev–Trinajstić information content (AvgIpc) is 3.53.